The second-order valence-corrected chi connectivity index (χ2v) is 4.30. The van der Waals surface area contributed by atoms with Gasteiger partial charge in [0.15, 0.2) is 0 Å². The topological polar surface area (TPSA) is 65.5 Å². The number of nitrogens with zero attached hydrogens (tertiary/aromatic N) is 2. The molecule has 0 bridgehead atoms. The molecule has 1 N–H and O–H groups in total. The van der Waals surface area contributed by atoms with E-state index in [1.807, 2.05) is 6.92 Å². The number of methoxy groups -OCH3 is 2. The van der Waals surface area contributed by atoms with Gasteiger partial charge in [0.25, 0.3) is 0 Å². The van der Waals surface area contributed by atoms with Crippen LogP contribution in [0, 0.1) is 0 Å². The monoisotopic (exact) mass is 283 g/mol. The molecule has 0 spiro atoms. The van der Waals surface area contributed by atoms with Crippen molar-refractivity contribution in [3.05, 3.63) is 11.9 Å². The lowest BCUT2D eigenvalue weighted by Crippen LogP contribution is -2.25. The number of rotatable bonds is 10. The van der Waals surface area contributed by atoms with Crippen molar-refractivity contribution in [2.75, 3.05) is 34.0 Å². The van der Waals surface area contributed by atoms with E-state index in [0.717, 1.165) is 25.1 Å². The highest BCUT2D eigenvalue weighted by Crippen LogP contribution is 2.25. The molecule has 1 rings (SSSR count). The number of nitrogens with one attached hydrogen (secondary N) is 1. The first-order valence-electron chi connectivity index (χ1n) is 7.02. The van der Waals surface area contributed by atoms with Gasteiger partial charge in [-0.1, -0.05) is 6.92 Å². The molecule has 0 aromatic carbocycles. The molecule has 1 aromatic heterocycles. The van der Waals surface area contributed by atoms with E-state index < -0.39 is 0 Å². The maximum absolute atomic E-state index is 5.43. The van der Waals surface area contributed by atoms with E-state index in [1.54, 1.807) is 20.4 Å². The van der Waals surface area contributed by atoms with Crippen LogP contribution in [-0.4, -0.2) is 43.9 Å². The summed E-state index contributed by atoms with van der Waals surface area (Å²) in [6.07, 6.45) is 3.49. The standard InChI is InChI=1S/C14H25N3O3/c1-5-8-15-11(7-9-20-6-2)13-14(19-4)17-12(18-3)10-16-13/h10-11,15H,5-9H2,1-4H3. The minimum Gasteiger partial charge on any atom is -0.480 e. The molecule has 0 saturated heterocycles. The van der Waals surface area contributed by atoms with Gasteiger partial charge in [-0.15, -0.1) is 0 Å². The van der Waals surface area contributed by atoms with Gasteiger partial charge in [-0.05, 0) is 26.3 Å². The fraction of sp³-hybridized carbons (Fsp3) is 0.714. The third-order valence-electron chi connectivity index (χ3n) is 2.87. The van der Waals surface area contributed by atoms with Crippen LogP contribution in [0.5, 0.6) is 11.8 Å². The summed E-state index contributed by atoms with van der Waals surface area (Å²) >= 11 is 0. The summed E-state index contributed by atoms with van der Waals surface area (Å²) in [5.74, 6) is 0.944. The Labute approximate surface area is 120 Å². The van der Waals surface area contributed by atoms with Gasteiger partial charge in [0.05, 0.1) is 26.5 Å². The molecular formula is C14H25N3O3. The van der Waals surface area contributed by atoms with Gasteiger partial charge in [-0.3, -0.25) is 0 Å². The molecule has 6 heteroatoms. The van der Waals surface area contributed by atoms with Crippen LogP contribution in [0.15, 0.2) is 6.20 Å². The van der Waals surface area contributed by atoms with E-state index in [9.17, 15) is 0 Å². The summed E-state index contributed by atoms with van der Waals surface area (Å²) in [5.41, 5.74) is 0.793. The van der Waals surface area contributed by atoms with E-state index in [2.05, 4.69) is 22.2 Å². The summed E-state index contributed by atoms with van der Waals surface area (Å²) < 4.78 is 15.8. The average molecular weight is 283 g/mol. The average Bonchev–Trinajstić information content (AvgIpc) is 2.50. The molecule has 1 aromatic rings. The van der Waals surface area contributed by atoms with Crippen LogP contribution >= 0.6 is 0 Å². The molecule has 0 amide bonds. The molecule has 1 unspecified atom stereocenters. The van der Waals surface area contributed by atoms with Crippen LogP contribution in [-0.2, 0) is 4.74 Å². The molecule has 0 radical (unpaired) electrons. The first-order chi connectivity index (χ1) is 9.76. The van der Waals surface area contributed by atoms with Crippen molar-refractivity contribution >= 4 is 0 Å². The maximum atomic E-state index is 5.43. The van der Waals surface area contributed by atoms with Crippen molar-refractivity contribution in [1.29, 1.82) is 0 Å². The van der Waals surface area contributed by atoms with Gasteiger partial charge in [0, 0.05) is 13.2 Å². The molecule has 20 heavy (non-hydrogen) atoms. The first kappa shape index (κ1) is 16.7. The van der Waals surface area contributed by atoms with E-state index in [-0.39, 0.29) is 6.04 Å². The van der Waals surface area contributed by atoms with Crippen LogP contribution in [0.4, 0.5) is 0 Å². The largest absolute Gasteiger partial charge is 0.480 e. The zero-order valence-electron chi connectivity index (χ0n) is 12.8. The van der Waals surface area contributed by atoms with Gasteiger partial charge >= 0.3 is 0 Å². The number of aromatic nitrogens is 2. The third kappa shape index (κ3) is 4.94. The number of ether oxygens (including phenoxy) is 3. The van der Waals surface area contributed by atoms with Crippen molar-refractivity contribution in [3.63, 3.8) is 0 Å². The van der Waals surface area contributed by atoms with Crippen molar-refractivity contribution in [3.8, 4) is 11.8 Å². The van der Waals surface area contributed by atoms with E-state index in [4.69, 9.17) is 14.2 Å². The first-order valence-corrected chi connectivity index (χ1v) is 7.02. The summed E-state index contributed by atoms with van der Waals surface area (Å²) in [7, 11) is 3.15. The lowest BCUT2D eigenvalue weighted by atomic mass is 10.1. The van der Waals surface area contributed by atoms with Crippen molar-refractivity contribution in [2.24, 2.45) is 0 Å². The molecular weight excluding hydrogens is 258 g/mol. The Bertz CT molecular complexity index is 388. The summed E-state index contributed by atoms with van der Waals surface area (Å²) in [6, 6.07) is 0.0647. The molecule has 1 heterocycles. The van der Waals surface area contributed by atoms with Crippen LogP contribution in [0.1, 0.15) is 38.4 Å². The highest BCUT2D eigenvalue weighted by Gasteiger charge is 2.19. The third-order valence-corrected chi connectivity index (χ3v) is 2.87. The number of hydrogen-bond donors (Lipinski definition) is 1. The number of hydrogen-bond acceptors (Lipinski definition) is 6. The Hall–Kier alpha value is -1.40. The van der Waals surface area contributed by atoms with E-state index >= 15 is 0 Å². The van der Waals surface area contributed by atoms with Gasteiger partial charge in [0.1, 0.15) is 5.69 Å². The van der Waals surface area contributed by atoms with Crippen molar-refractivity contribution in [1.82, 2.24) is 15.3 Å². The fourth-order valence-corrected chi connectivity index (χ4v) is 1.85. The Morgan fingerprint density at radius 1 is 1.25 bits per heavy atom. The minimum absolute atomic E-state index is 0.0647. The van der Waals surface area contributed by atoms with Crippen molar-refractivity contribution < 1.29 is 14.2 Å². The molecule has 0 saturated carbocycles. The van der Waals surface area contributed by atoms with Crippen LogP contribution in [0.2, 0.25) is 0 Å². The Morgan fingerprint density at radius 2 is 2.05 bits per heavy atom. The highest BCUT2D eigenvalue weighted by atomic mass is 16.5. The van der Waals surface area contributed by atoms with Gasteiger partial charge in [0.2, 0.25) is 11.8 Å². The van der Waals surface area contributed by atoms with E-state index in [0.29, 0.717) is 25.0 Å². The Kier molecular flexibility index (Phi) is 7.91. The zero-order valence-corrected chi connectivity index (χ0v) is 12.8. The lowest BCUT2D eigenvalue weighted by molar-refractivity contribution is 0.135. The molecule has 0 aliphatic carbocycles. The normalized spacial score (nSPS) is 12.2. The van der Waals surface area contributed by atoms with Gasteiger partial charge in [-0.25, -0.2) is 4.98 Å². The second-order valence-electron chi connectivity index (χ2n) is 4.30. The van der Waals surface area contributed by atoms with Crippen LogP contribution in [0.25, 0.3) is 0 Å². The molecule has 114 valence electrons. The smallest absolute Gasteiger partial charge is 0.240 e. The SMILES string of the molecule is CCCNC(CCOCC)c1ncc(OC)nc1OC. The van der Waals surface area contributed by atoms with Gasteiger partial charge in [-0.2, -0.15) is 4.98 Å². The highest BCUT2D eigenvalue weighted by molar-refractivity contribution is 5.25. The van der Waals surface area contributed by atoms with Crippen LogP contribution < -0.4 is 14.8 Å². The molecule has 6 nitrogen and oxygen atoms in total. The van der Waals surface area contributed by atoms with Gasteiger partial charge < -0.3 is 19.5 Å². The fourth-order valence-electron chi connectivity index (χ4n) is 1.85. The van der Waals surface area contributed by atoms with Crippen molar-refractivity contribution in [2.45, 2.75) is 32.7 Å². The predicted molar refractivity (Wildman–Crippen MR) is 77.3 cm³/mol. The summed E-state index contributed by atoms with van der Waals surface area (Å²) in [6.45, 7) is 6.42. The summed E-state index contributed by atoms with van der Waals surface area (Å²) in [4.78, 5) is 8.70. The maximum Gasteiger partial charge on any atom is 0.240 e. The van der Waals surface area contributed by atoms with E-state index in [1.165, 1.54) is 0 Å². The predicted octanol–water partition coefficient (Wildman–Crippen LogP) is 1.96. The second kappa shape index (κ2) is 9.50. The minimum atomic E-state index is 0.0647. The zero-order chi connectivity index (χ0) is 14.8. The molecule has 0 aliphatic rings. The van der Waals surface area contributed by atoms with Crippen LogP contribution in [0.3, 0.4) is 0 Å². The quantitative estimate of drug-likeness (QED) is 0.662. The molecule has 0 aliphatic heterocycles. The summed E-state index contributed by atoms with van der Waals surface area (Å²) in [5, 5.41) is 3.45. The lowest BCUT2D eigenvalue weighted by Gasteiger charge is -2.19. The molecule has 0 fully saturated rings. The molecule has 1 atom stereocenters. The Morgan fingerprint density at radius 3 is 2.65 bits per heavy atom. The Balaban J connectivity index is 2.86.